The molecule has 4 aromatic rings. The molecule has 0 aliphatic rings. The molecule has 9 nitrogen and oxygen atoms in total. The summed E-state index contributed by atoms with van der Waals surface area (Å²) in [5, 5.41) is 4.86. The number of rotatable bonds is 7. The van der Waals surface area contributed by atoms with Gasteiger partial charge in [0.05, 0.1) is 18.1 Å². The zero-order chi connectivity index (χ0) is 26.9. The third kappa shape index (κ3) is 5.15. The number of benzene rings is 1. The van der Waals surface area contributed by atoms with E-state index >= 15 is 0 Å². The summed E-state index contributed by atoms with van der Waals surface area (Å²) in [6.07, 6.45) is -3.33. The molecular weight excluding hydrogens is 498 g/mol. The summed E-state index contributed by atoms with van der Waals surface area (Å²) in [6, 6.07) is 7.78. The van der Waals surface area contributed by atoms with E-state index in [9.17, 15) is 27.2 Å². The molecule has 3 aromatic heterocycles. The third-order valence-corrected chi connectivity index (χ3v) is 5.32. The second-order valence-electron chi connectivity index (χ2n) is 7.74. The monoisotopic (exact) mass is 517 g/mol. The van der Waals surface area contributed by atoms with Gasteiger partial charge in [-0.3, -0.25) is 9.59 Å². The number of ether oxygens (including phenoxy) is 1. The van der Waals surface area contributed by atoms with E-state index in [0.29, 0.717) is 5.56 Å². The molecule has 0 aliphatic heterocycles. The number of methoxy groups -OCH3 is 1. The summed E-state index contributed by atoms with van der Waals surface area (Å²) in [5.74, 6) is -2.27. The van der Waals surface area contributed by atoms with Gasteiger partial charge in [-0.25, -0.2) is 9.37 Å². The van der Waals surface area contributed by atoms with Crippen molar-refractivity contribution in [3.05, 3.63) is 59.5 Å². The van der Waals surface area contributed by atoms with E-state index in [4.69, 9.17) is 14.9 Å². The average molecular weight is 517 g/mol. The lowest BCUT2D eigenvalue weighted by Crippen LogP contribution is -2.22. The van der Waals surface area contributed by atoms with E-state index in [0.717, 1.165) is 0 Å². The molecule has 4 rings (SSSR count). The van der Waals surface area contributed by atoms with E-state index in [1.807, 2.05) is 0 Å². The van der Waals surface area contributed by atoms with Crippen LogP contribution in [-0.4, -0.2) is 48.7 Å². The number of nitrogens with one attached hydrogen (secondary N) is 2. The van der Waals surface area contributed by atoms with Crippen LogP contribution < -0.4 is 21.1 Å². The number of halogens is 4. The fourth-order valence-electron chi connectivity index (χ4n) is 3.66. The Bertz CT molecular complexity index is 1500. The van der Waals surface area contributed by atoms with Crippen molar-refractivity contribution in [1.29, 1.82) is 0 Å². The Labute approximate surface area is 206 Å². The minimum Gasteiger partial charge on any atom is -0.480 e. The predicted molar refractivity (Wildman–Crippen MR) is 126 cm³/mol. The van der Waals surface area contributed by atoms with Gasteiger partial charge in [0.1, 0.15) is 29.5 Å². The van der Waals surface area contributed by atoms with Gasteiger partial charge < -0.3 is 25.5 Å². The number of alkyl halides is 3. The largest absolute Gasteiger partial charge is 0.480 e. The van der Waals surface area contributed by atoms with Crippen LogP contribution in [-0.2, 0) is 0 Å². The van der Waals surface area contributed by atoms with Crippen molar-refractivity contribution in [2.24, 2.45) is 5.73 Å². The molecular formula is C24H19F4N5O4. The number of fused-ring (bicyclic) bond motifs is 1. The summed E-state index contributed by atoms with van der Waals surface area (Å²) in [6.45, 7) is -1.43. The lowest BCUT2D eigenvalue weighted by atomic mass is 10.0. The van der Waals surface area contributed by atoms with Gasteiger partial charge in [-0.15, -0.1) is 0 Å². The molecule has 0 spiro atoms. The highest BCUT2D eigenvalue weighted by atomic mass is 19.4. The van der Waals surface area contributed by atoms with Crippen LogP contribution in [0, 0.1) is 5.82 Å². The number of aromatic nitrogens is 2. The Morgan fingerprint density at radius 2 is 1.84 bits per heavy atom. The molecule has 3 heterocycles. The SMILES string of the molecule is CNC(=O)c1c(-c2ccc(F)cc2)oc2nc(NCC(F)(F)F)c(-c3cnc(OC)c(C(N)=O)c3)cc12. The quantitative estimate of drug-likeness (QED) is 0.314. The lowest BCUT2D eigenvalue weighted by molar-refractivity contribution is -0.115. The van der Waals surface area contributed by atoms with Crippen LogP contribution in [0.3, 0.4) is 0 Å². The van der Waals surface area contributed by atoms with Crippen LogP contribution in [0.1, 0.15) is 20.7 Å². The first-order chi connectivity index (χ1) is 17.5. The Balaban J connectivity index is 2.00. The van der Waals surface area contributed by atoms with Crippen LogP contribution in [0.15, 0.2) is 47.0 Å². The second-order valence-corrected chi connectivity index (χ2v) is 7.74. The van der Waals surface area contributed by atoms with E-state index in [-0.39, 0.29) is 50.8 Å². The first-order valence-corrected chi connectivity index (χ1v) is 10.6. The molecule has 2 amide bonds. The fourth-order valence-corrected chi connectivity index (χ4v) is 3.66. The first-order valence-electron chi connectivity index (χ1n) is 10.6. The van der Waals surface area contributed by atoms with Crippen LogP contribution in [0.5, 0.6) is 5.88 Å². The Hall–Kier alpha value is -4.68. The number of furan rings is 1. The molecule has 0 aliphatic carbocycles. The van der Waals surface area contributed by atoms with Crippen molar-refractivity contribution in [2.45, 2.75) is 6.18 Å². The summed E-state index contributed by atoms with van der Waals surface area (Å²) in [4.78, 5) is 33.0. The van der Waals surface area contributed by atoms with Gasteiger partial charge in [-0.05, 0) is 36.4 Å². The number of nitrogens with two attached hydrogens (primary N) is 1. The van der Waals surface area contributed by atoms with E-state index in [2.05, 4.69) is 20.6 Å². The molecule has 0 radical (unpaired) electrons. The maximum absolute atomic E-state index is 13.5. The Morgan fingerprint density at radius 3 is 2.43 bits per heavy atom. The number of amides is 2. The number of hydrogen-bond acceptors (Lipinski definition) is 7. The number of carbonyl (C=O) groups is 2. The van der Waals surface area contributed by atoms with Gasteiger partial charge in [0.2, 0.25) is 11.6 Å². The maximum Gasteiger partial charge on any atom is 0.405 e. The number of pyridine rings is 2. The highest BCUT2D eigenvalue weighted by Gasteiger charge is 2.29. The zero-order valence-electron chi connectivity index (χ0n) is 19.4. The molecule has 0 unspecified atom stereocenters. The van der Waals surface area contributed by atoms with Gasteiger partial charge in [-0.1, -0.05) is 0 Å². The van der Waals surface area contributed by atoms with Crippen molar-refractivity contribution in [3.63, 3.8) is 0 Å². The molecule has 1 aromatic carbocycles. The lowest BCUT2D eigenvalue weighted by Gasteiger charge is -2.14. The number of hydrogen-bond donors (Lipinski definition) is 3. The zero-order valence-corrected chi connectivity index (χ0v) is 19.4. The molecule has 0 fully saturated rings. The minimum atomic E-state index is -4.58. The van der Waals surface area contributed by atoms with Gasteiger partial charge >= 0.3 is 6.18 Å². The Kier molecular flexibility index (Phi) is 6.70. The summed E-state index contributed by atoms with van der Waals surface area (Å²) in [5.41, 5.74) is 5.75. The van der Waals surface area contributed by atoms with Gasteiger partial charge in [0, 0.05) is 29.9 Å². The standard InChI is InChI=1S/C24H19F4N5O4/c1-30-21(35)17-15-8-14(12-7-16(19(29)34)22(36-2)31-9-12)20(32-10-24(26,27)28)33-23(15)37-18(17)11-3-5-13(25)6-4-11/h3-9H,10H2,1-2H3,(H2,29,34)(H,30,35)(H,32,33). The number of anilines is 1. The number of primary amides is 1. The molecule has 4 N–H and O–H groups in total. The molecule has 37 heavy (non-hydrogen) atoms. The number of nitrogens with zero attached hydrogens (tertiary/aromatic N) is 2. The molecule has 0 atom stereocenters. The highest BCUT2D eigenvalue weighted by Crippen LogP contribution is 2.38. The fraction of sp³-hybridized carbons (Fsp3) is 0.167. The summed E-state index contributed by atoms with van der Waals surface area (Å²) >= 11 is 0. The summed E-state index contributed by atoms with van der Waals surface area (Å²) in [7, 11) is 2.66. The van der Waals surface area contributed by atoms with Crippen molar-refractivity contribution >= 4 is 28.7 Å². The average Bonchev–Trinajstić information content (AvgIpc) is 3.24. The van der Waals surface area contributed by atoms with Crippen molar-refractivity contribution < 1.29 is 36.3 Å². The van der Waals surface area contributed by atoms with Crippen molar-refractivity contribution in [2.75, 3.05) is 26.0 Å². The molecule has 192 valence electrons. The second kappa shape index (κ2) is 9.76. The maximum atomic E-state index is 13.5. The minimum absolute atomic E-state index is 0.0248. The van der Waals surface area contributed by atoms with E-state index in [1.54, 1.807) is 0 Å². The predicted octanol–water partition coefficient (Wildman–Crippen LogP) is 4.14. The van der Waals surface area contributed by atoms with Crippen LogP contribution in [0.2, 0.25) is 0 Å². The smallest absolute Gasteiger partial charge is 0.405 e. The van der Waals surface area contributed by atoms with Crippen molar-refractivity contribution in [1.82, 2.24) is 15.3 Å². The molecule has 13 heteroatoms. The molecule has 0 saturated carbocycles. The molecule has 0 bridgehead atoms. The third-order valence-electron chi connectivity index (χ3n) is 5.32. The summed E-state index contributed by atoms with van der Waals surface area (Å²) < 4.78 is 63.4. The van der Waals surface area contributed by atoms with Crippen LogP contribution >= 0.6 is 0 Å². The van der Waals surface area contributed by atoms with E-state index in [1.165, 1.54) is 56.8 Å². The van der Waals surface area contributed by atoms with Crippen LogP contribution in [0.4, 0.5) is 23.4 Å². The van der Waals surface area contributed by atoms with Crippen LogP contribution in [0.25, 0.3) is 33.6 Å². The topological polar surface area (TPSA) is 132 Å². The normalized spacial score (nSPS) is 11.4. The van der Waals surface area contributed by atoms with Gasteiger partial charge in [0.25, 0.3) is 11.8 Å². The number of carbonyl (C=O) groups excluding carboxylic acids is 2. The molecule has 0 saturated heterocycles. The Morgan fingerprint density at radius 1 is 1.14 bits per heavy atom. The first kappa shape index (κ1) is 25.4. The van der Waals surface area contributed by atoms with Gasteiger partial charge in [-0.2, -0.15) is 18.2 Å². The van der Waals surface area contributed by atoms with Gasteiger partial charge in [0.15, 0.2) is 0 Å². The highest BCUT2D eigenvalue weighted by molar-refractivity contribution is 6.11. The van der Waals surface area contributed by atoms with E-state index < -0.39 is 30.4 Å². The van der Waals surface area contributed by atoms with Crippen molar-refractivity contribution in [3.8, 4) is 28.3 Å².